The van der Waals surface area contributed by atoms with Crippen LogP contribution in [0.2, 0.25) is 5.15 Å². The maximum Gasteiger partial charge on any atom is 0.248 e. The number of rotatable bonds is 6. The first-order valence-corrected chi connectivity index (χ1v) is 8.53. The summed E-state index contributed by atoms with van der Waals surface area (Å²) in [5, 5.41) is 16.6. The molecule has 1 aromatic carbocycles. The maximum atomic E-state index is 12.3. The van der Waals surface area contributed by atoms with Crippen LogP contribution in [0, 0.1) is 24.2 Å². The van der Waals surface area contributed by atoms with Crippen LogP contribution in [0.3, 0.4) is 0 Å². The molecule has 136 valence electrons. The van der Waals surface area contributed by atoms with Gasteiger partial charge in [-0.15, -0.1) is 0 Å². The molecular formula is C19H21ClN4O2. The molecule has 0 atom stereocenters. The fourth-order valence-corrected chi connectivity index (χ4v) is 2.74. The van der Waals surface area contributed by atoms with E-state index in [0.29, 0.717) is 40.2 Å². The molecule has 1 heterocycles. The lowest BCUT2D eigenvalue weighted by atomic mass is 10.2. The smallest absolute Gasteiger partial charge is 0.248 e. The number of methoxy groups -OCH3 is 1. The summed E-state index contributed by atoms with van der Waals surface area (Å²) in [6.07, 6.45) is 3.02. The van der Waals surface area contributed by atoms with Crippen LogP contribution in [0.4, 0.5) is 5.69 Å². The summed E-state index contributed by atoms with van der Waals surface area (Å²) < 4.78 is 6.94. The topological polar surface area (TPSA) is 79.9 Å². The first kappa shape index (κ1) is 19.5. The van der Waals surface area contributed by atoms with Crippen molar-refractivity contribution in [1.29, 1.82) is 5.26 Å². The first-order valence-electron chi connectivity index (χ1n) is 8.15. The Kier molecular flexibility index (Phi) is 6.42. The highest BCUT2D eigenvalue weighted by molar-refractivity contribution is 6.31. The lowest BCUT2D eigenvalue weighted by molar-refractivity contribution is -0.111. The van der Waals surface area contributed by atoms with Crippen LogP contribution < -0.4 is 10.1 Å². The van der Waals surface area contributed by atoms with E-state index in [2.05, 4.69) is 24.3 Å². The fourth-order valence-electron chi connectivity index (χ4n) is 2.43. The van der Waals surface area contributed by atoms with E-state index >= 15 is 0 Å². The van der Waals surface area contributed by atoms with Crippen molar-refractivity contribution in [2.24, 2.45) is 5.92 Å². The van der Waals surface area contributed by atoms with Gasteiger partial charge in [0.25, 0.3) is 0 Å². The molecule has 26 heavy (non-hydrogen) atoms. The quantitative estimate of drug-likeness (QED) is 0.776. The minimum Gasteiger partial charge on any atom is -0.495 e. The number of aryl methyl sites for hydroxylation is 1. The monoisotopic (exact) mass is 372 g/mol. The molecule has 1 N–H and O–H groups in total. The molecule has 6 nitrogen and oxygen atoms in total. The number of nitriles is 1. The molecule has 2 rings (SSSR count). The Morgan fingerprint density at radius 3 is 2.85 bits per heavy atom. The maximum absolute atomic E-state index is 12.3. The predicted octanol–water partition coefficient (Wildman–Crippen LogP) is 4.03. The zero-order valence-corrected chi connectivity index (χ0v) is 16.0. The number of nitrogens with zero attached hydrogens (tertiary/aromatic N) is 3. The highest BCUT2D eigenvalue weighted by Gasteiger charge is 2.13. The van der Waals surface area contributed by atoms with Gasteiger partial charge in [0, 0.05) is 18.2 Å². The average molecular weight is 373 g/mol. The zero-order valence-electron chi connectivity index (χ0n) is 15.2. The summed E-state index contributed by atoms with van der Waals surface area (Å²) in [5.74, 6) is 0.530. The third-order valence-electron chi connectivity index (χ3n) is 3.64. The molecule has 7 heteroatoms. The van der Waals surface area contributed by atoms with Gasteiger partial charge in [0.05, 0.1) is 30.1 Å². The number of ether oxygens (including phenoxy) is 1. The zero-order chi connectivity index (χ0) is 19.3. The van der Waals surface area contributed by atoms with Crippen LogP contribution in [0.25, 0.3) is 6.08 Å². The first-order chi connectivity index (χ1) is 12.3. The van der Waals surface area contributed by atoms with E-state index in [0.717, 1.165) is 5.69 Å². The predicted molar refractivity (Wildman–Crippen MR) is 102 cm³/mol. The van der Waals surface area contributed by atoms with Crippen molar-refractivity contribution in [3.05, 3.63) is 46.2 Å². The summed E-state index contributed by atoms with van der Waals surface area (Å²) in [4.78, 5) is 12.3. The Hall–Kier alpha value is -2.78. The van der Waals surface area contributed by atoms with Gasteiger partial charge in [-0.3, -0.25) is 9.48 Å². The molecule has 0 saturated carbocycles. The van der Waals surface area contributed by atoms with Crippen molar-refractivity contribution in [3.8, 4) is 11.8 Å². The van der Waals surface area contributed by atoms with Crippen molar-refractivity contribution >= 4 is 29.3 Å². The van der Waals surface area contributed by atoms with E-state index in [4.69, 9.17) is 21.6 Å². The third kappa shape index (κ3) is 4.64. The van der Waals surface area contributed by atoms with Gasteiger partial charge in [0.15, 0.2) is 0 Å². The van der Waals surface area contributed by atoms with Gasteiger partial charge < -0.3 is 10.1 Å². The Morgan fingerprint density at radius 2 is 2.23 bits per heavy atom. The van der Waals surface area contributed by atoms with Gasteiger partial charge in [0.2, 0.25) is 5.91 Å². The van der Waals surface area contributed by atoms with Crippen molar-refractivity contribution in [2.45, 2.75) is 27.3 Å². The largest absolute Gasteiger partial charge is 0.495 e. The molecular weight excluding hydrogens is 352 g/mol. The lowest BCUT2D eigenvalue weighted by Crippen LogP contribution is -2.09. The van der Waals surface area contributed by atoms with Crippen LogP contribution in [-0.4, -0.2) is 22.8 Å². The molecule has 0 radical (unpaired) electrons. The second-order valence-corrected chi connectivity index (χ2v) is 6.57. The number of anilines is 1. The summed E-state index contributed by atoms with van der Waals surface area (Å²) >= 11 is 6.37. The number of aromatic nitrogens is 2. The minimum atomic E-state index is -0.356. The Balaban J connectivity index is 2.18. The van der Waals surface area contributed by atoms with E-state index in [1.54, 1.807) is 29.0 Å². The molecule has 2 aromatic rings. The van der Waals surface area contributed by atoms with E-state index < -0.39 is 0 Å². The molecule has 0 aliphatic carbocycles. The SMILES string of the molecule is COc1ccc(C#N)cc1NC(=O)/C=C/c1c(C)nn(CC(C)C)c1Cl. The van der Waals surface area contributed by atoms with Crippen molar-refractivity contribution in [1.82, 2.24) is 9.78 Å². The molecule has 0 unspecified atom stereocenters. The summed E-state index contributed by atoms with van der Waals surface area (Å²) in [7, 11) is 1.50. The molecule has 0 aliphatic heterocycles. The molecule has 1 aromatic heterocycles. The standard InChI is InChI=1S/C19H21ClN4O2/c1-12(2)11-24-19(20)15(13(3)23-24)6-8-18(25)22-16-9-14(10-21)5-7-17(16)26-4/h5-9,12H,11H2,1-4H3,(H,22,25)/b8-6+. The van der Waals surface area contributed by atoms with Crippen LogP contribution in [0.15, 0.2) is 24.3 Å². The number of carbonyl (C=O) groups is 1. The Morgan fingerprint density at radius 1 is 1.50 bits per heavy atom. The minimum absolute atomic E-state index is 0.356. The van der Waals surface area contributed by atoms with Gasteiger partial charge in [-0.05, 0) is 37.1 Å². The number of nitrogens with one attached hydrogen (secondary N) is 1. The number of benzene rings is 1. The van der Waals surface area contributed by atoms with Gasteiger partial charge in [-0.25, -0.2) is 0 Å². The molecule has 1 amide bonds. The Bertz CT molecular complexity index is 878. The van der Waals surface area contributed by atoms with E-state index in [-0.39, 0.29) is 5.91 Å². The van der Waals surface area contributed by atoms with Crippen molar-refractivity contribution in [3.63, 3.8) is 0 Å². The second kappa shape index (κ2) is 8.54. The van der Waals surface area contributed by atoms with Gasteiger partial charge in [-0.1, -0.05) is 25.4 Å². The van der Waals surface area contributed by atoms with E-state index in [1.165, 1.54) is 13.2 Å². The van der Waals surface area contributed by atoms with Gasteiger partial charge in [-0.2, -0.15) is 10.4 Å². The summed E-state index contributed by atoms with van der Waals surface area (Å²) in [6.45, 7) is 6.72. The van der Waals surface area contributed by atoms with Gasteiger partial charge >= 0.3 is 0 Å². The van der Waals surface area contributed by atoms with Crippen LogP contribution in [0.1, 0.15) is 30.7 Å². The molecule has 0 bridgehead atoms. The van der Waals surface area contributed by atoms with Crippen LogP contribution in [0.5, 0.6) is 5.75 Å². The lowest BCUT2D eigenvalue weighted by Gasteiger charge is -2.08. The molecule has 0 fully saturated rings. The molecule has 0 aliphatic rings. The number of hydrogen-bond acceptors (Lipinski definition) is 4. The Labute approximate surface area is 158 Å². The second-order valence-electron chi connectivity index (χ2n) is 6.22. The van der Waals surface area contributed by atoms with Crippen LogP contribution in [-0.2, 0) is 11.3 Å². The number of carbonyl (C=O) groups excluding carboxylic acids is 1. The average Bonchev–Trinajstić information content (AvgIpc) is 2.85. The van der Waals surface area contributed by atoms with Gasteiger partial charge in [0.1, 0.15) is 10.9 Å². The summed E-state index contributed by atoms with van der Waals surface area (Å²) in [5.41, 5.74) is 2.32. The normalized spacial score (nSPS) is 11.0. The number of amides is 1. The fraction of sp³-hybridized carbons (Fsp3) is 0.316. The highest BCUT2D eigenvalue weighted by atomic mass is 35.5. The van der Waals surface area contributed by atoms with E-state index in [1.807, 2.05) is 13.0 Å². The number of halogens is 1. The number of hydrogen-bond donors (Lipinski definition) is 1. The third-order valence-corrected chi connectivity index (χ3v) is 4.03. The molecule has 0 spiro atoms. The van der Waals surface area contributed by atoms with E-state index in [9.17, 15) is 4.79 Å². The summed E-state index contributed by atoms with van der Waals surface area (Å²) in [6, 6.07) is 6.84. The van der Waals surface area contributed by atoms with Crippen molar-refractivity contribution in [2.75, 3.05) is 12.4 Å². The van der Waals surface area contributed by atoms with Crippen LogP contribution >= 0.6 is 11.6 Å². The molecule has 0 saturated heterocycles. The highest BCUT2D eigenvalue weighted by Crippen LogP contribution is 2.26. The van der Waals surface area contributed by atoms with Crippen molar-refractivity contribution < 1.29 is 9.53 Å².